The highest BCUT2D eigenvalue weighted by Crippen LogP contribution is 2.14. The summed E-state index contributed by atoms with van der Waals surface area (Å²) in [6, 6.07) is 18.8. The van der Waals surface area contributed by atoms with Crippen LogP contribution >= 0.6 is 0 Å². The van der Waals surface area contributed by atoms with Gasteiger partial charge in [0.2, 0.25) is 0 Å². The van der Waals surface area contributed by atoms with Crippen LogP contribution in [0.4, 0.5) is 0 Å². The third-order valence-electron chi connectivity index (χ3n) is 3.48. The van der Waals surface area contributed by atoms with E-state index in [0.717, 1.165) is 18.8 Å². The van der Waals surface area contributed by atoms with Gasteiger partial charge in [0, 0.05) is 31.2 Å². The zero-order valence-corrected chi connectivity index (χ0v) is 12.2. The Labute approximate surface area is 125 Å². The molecule has 106 valence electrons. The minimum Gasteiger partial charge on any atom is -0.318 e. The highest BCUT2D eigenvalue weighted by atomic mass is 15.1. The van der Waals surface area contributed by atoms with E-state index in [9.17, 15) is 0 Å². The van der Waals surface area contributed by atoms with Crippen LogP contribution in [0.1, 0.15) is 11.3 Å². The topological polar surface area (TPSA) is 21.1 Å². The van der Waals surface area contributed by atoms with Crippen LogP contribution in [0.25, 0.3) is 5.69 Å². The Kier molecular flexibility index (Phi) is 4.12. The molecule has 0 aliphatic heterocycles. The molecule has 0 unspecified atom stereocenters. The van der Waals surface area contributed by atoms with Crippen molar-refractivity contribution in [3.05, 3.63) is 84.4 Å². The zero-order valence-electron chi connectivity index (χ0n) is 12.2. The van der Waals surface area contributed by atoms with Gasteiger partial charge in [-0.25, -0.2) is 0 Å². The van der Waals surface area contributed by atoms with E-state index < -0.39 is 0 Å². The van der Waals surface area contributed by atoms with E-state index in [2.05, 4.69) is 76.2 Å². The van der Waals surface area contributed by atoms with E-state index in [-0.39, 0.29) is 0 Å². The Bertz CT molecular complexity index is 674. The van der Waals surface area contributed by atoms with Gasteiger partial charge in [-0.05, 0) is 36.9 Å². The normalized spacial score (nSPS) is 11.0. The summed E-state index contributed by atoms with van der Waals surface area (Å²) in [6.07, 6.45) is 5.78. The minimum atomic E-state index is 0.900. The quantitative estimate of drug-likeness (QED) is 0.711. The average molecular weight is 277 g/mol. The molecule has 2 heterocycles. The molecule has 1 aromatic carbocycles. The van der Waals surface area contributed by atoms with Crippen molar-refractivity contribution in [1.82, 2.24) is 14.5 Å². The lowest BCUT2D eigenvalue weighted by Gasteiger charge is -2.18. The number of rotatable bonds is 5. The summed E-state index contributed by atoms with van der Waals surface area (Å²) in [7, 11) is 2.15. The first-order chi connectivity index (χ1) is 10.3. The number of hydrogen-bond acceptors (Lipinski definition) is 2. The lowest BCUT2D eigenvalue weighted by molar-refractivity contribution is 0.313. The minimum absolute atomic E-state index is 0.900. The Balaban J connectivity index is 1.73. The van der Waals surface area contributed by atoms with Crippen molar-refractivity contribution in [1.29, 1.82) is 0 Å². The fourth-order valence-corrected chi connectivity index (χ4v) is 2.52. The molecule has 21 heavy (non-hydrogen) atoms. The number of hydrogen-bond donors (Lipinski definition) is 0. The van der Waals surface area contributed by atoms with Crippen LogP contribution < -0.4 is 0 Å². The molecule has 0 aliphatic rings. The molecule has 2 aromatic heterocycles. The second kappa shape index (κ2) is 6.37. The Hall–Kier alpha value is -2.39. The molecule has 3 heteroatoms. The van der Waals surface area contributed by atoms with Gasteiger partial charge in [-0.3, -0.25) is 9.88 Å². The molecule has 3 aromatic rings. The van der Waals surface area contributed by atoms with Crippen LogP contribution in [0.5, 0.6) is 0 Å². The molecular formula is C18H19N3. The van der Waals surface area contributed by atoms with Gasteiger partial charge in [0.1, 0.15) is 0 Å². The van der Waals surface area contributed by atoms with Crippen molar-refractivity contribution >= 4 is 0 Å². The van der Waals surface area contributed by atoms with Gasteiger partial charge >= 0.3 is 0 Å². The standard InChI is InChI=1S/C18H19N3/c1-20(14-16-7-3-2-4-8-16)15-18-10-6-12-21(18)17-9-5-11-19-13-17/h2-13H,14-15H2,1H3. The van der Waals surface area contributed by atoms with Crippen molar-refractivity contribution in [3.63, 3.8) is 0 Å². The third kappa shape index (κ3) is 3.38. The van der Waals surface area contributed by atoms with Crippen LogP contribution in [-0.2, 0) is 13.1 Å². The molecule has 0 atom stereocenters. The van der Waals surface area contributed by atoms with Crippen molar-refractivity contribution in [2.24, 2.45) is 0 Å². The summed E-state index contributed by atoms with van der Waals surface area (Å²) in [5.74, 6) is 0. The van der Waals surface area contributed by atoms with Crippen LogP contribution in [0.15, 0.2) is 73.2 Å². The van der Waals surface area contributed by atoms with E-state index in [1.54, 1.807) is 6.20 Å². The highest BCUT2D eigenvalue weighted by Gasteiger charge is 2.07. The maximum absolute atomic E-state index is 4.19. The van der Waals surface area contributed by atoms with Gasteiger partial charge in [-0.2, -0.15) is 0 Å². The van der Waals surface area contributed by atoms with Gasteiger partial charge in [-0.15, -0.1) is 0 Å². The molecule has 0 N–H and O–H groups in total. The number of pyridine rings is 1. The summed E-state index contributed by atoms with van der Waals surface area (Å²) < 4.78 is 2.19. The zero-order chi connectivity index (χ0) is 14.5. The Morgan fingerprint density at radius 2 is 1.81 bits per heavy atom. The Morgan fingerprint density at radius 1 is 0.952 bits per heavy atom. The van der Waals surface area contributed by atoms with Gasteiger partial charge < -0.3 is 4.57 Å². The van der Waals surface area contributed by atoms with Gasteiger partial charge in [0.05, 0.1) is 11.9 Å². The van der Waals surface area contributed by atoms with Crippen molar-refractivity contribution in [3.8, 4) is 5.69 Å². The molecule has 0 amide bonds. The molecule has 3 nitrogen and oxygen atoms in total. The fraction of sp³-hybridized carbons (Fsp3) is 0.167. The maximum Gasteiger partial charge on any atom is 0.0636 e. The fourth-order valence-electron chi connectivity index (χ4n) is 2.52. The van der Waals surface area contributed by atoms with Crippen LogP contribution in [0.2, 0.25) is 0 Å². The summed E-state index contributed by atoms with van der Waals surface area (Å²) in [5, 5.41) is 0. The van der Waals surface area contributed by atoms with E-state index in [1.807, 2.05) is 12.3 Å². The summed E-state index contributed by atoms with van der Waals surface area (Å²) in [5.41, 5.74) is 3.70. The van der Waals surface area contributed by atoms with E-state index in [0.29, 0.717) is 0 Å². The second-order valence-corrected chi connectivity index (χ2v) is 5.24. The predicted octanol–water partition coefficient (Wildman–Crippen LogP) is 3.50. The smallest absolute Gasteiger partial charge is 0.0636 e. The van der Waals surface area contributed by atoms with Gasteiger partial charge in [0.25, 0.3) is 0 Å². The molecule has 0 spiro atoms. The molecule has 0 fully saturated rings. The van der Waals surface area contributed by atoms with Gasteiger partial charge in [0.15, 0.2) is 0 Å². The average Bonchev–Trinajstić information content (AvgIpc) is 2.97. The molecule has 0 radical (unpaired) electrons. The van der Waals surface area contributed by atoms with Crippen LogP contribution in [-0.4, -0.2) is 21.5 Å². The summed E-state index contributed by atoms with van der Waals surface area (Å²) in [6.45, 7) is 1.84. The van der Waals surface area contributed by atoms with E-state index in [4.69, 9.17) is 0 Å². The highest BCUT2D eigenvalue weighted by molar-refractivity contribution is 5.32. The first-order valence-corrected chi connectivity index (χ1v) is 7.12. The first-order valence-electron chi connectivity index (χ1n) is 7.12. The van der Waals surface area contributed by atoms with Crippen molar-refractivity contribution < 1.29 is 0 Å². The lowest BCUT2D eigenvalue weighted by atomic mass is 10.2. The summed E-state index contributed by atoms with van der Waals surface area (Å²) in [4.78, 5) is 6.51. The molecule has 0 saturated heterocycles. The molecule has 0 aliphatic carbocycles. The van der Waals surface area contributed by atoms with Crippen molar-refractivity contribution in [2.75, 3.05) is 7.05 Å². The number of benzene rings is 1. The molecule has 0 bridgehead atoms. The maximum atomic E-state index is 4.19. The number of aromatic nitrogens is 2. The van der Waals surface area contributed by atoms with Crippen LogP contribution in [0, 0.1) is 0 Å². The van der Waals surface area contributed by atoms with Crippen molar-refractivity contribution in [2.45, 2.75) is 13.1 Å². The monoisotopic (exact) mass is 277 g/mol. The van der Waals surface area contributed by atoms with E-state index in [1.165, 1.54) is 11.3 Å². The number of nitrogens with zero attached hydrogens (tertiary/aromatic N) is 3. The first kappa shape index (κ1) is 13.6. The van der Waals surface area contributed by atoms with Crippen LogP contribution in [0.3, 0.4) is 0 Å². The SMILES string of the molecule is CN(Cc1ccccc1)Cc1cccn1-c1cccnc1. The Morgan fingerprint density at radius 3 is 2.57 bits per heavy atom. The molecule has 0 saturated carbocycles. The third-order valence-corrected chi connectivity index (χ3v) is 3.48. The van der Waals surface area contributed by atoms with Gasteiger partial charge in [-0.1, -0.05) is 30.3 Å². The molecule has 3 rings (SSSR count). The predicted molar refractivity (Wildman–Crippen MR) is 85.2 cm³/mol. The molecular weight excluding hydrogens is 258 g/mol. The van der Waals surface area contributed by atoms with E-state index >= 15 is 0 Å². The summed E-state index contributed by atoms with van der Waals surface area (Å²) >= 11 is 0. The lowest BCUT2D eigenvalue weighted by Crippen LogP contribution is -2.19. The second-order valence-electron chi connectivity index (χ2n) is 5.24. The largest absolute Gasteiger partial charge is 0.318 e.